The summed E-state index contributed by atoms with van der Waals surface area (Å²) in [6.07, 6.45) is 1.53. The number of hydrogen-bond donors (Lipinski definition) is 2. The fraction of sp³-hybridized carbons (Fsp3) is 0.235. The quantitative estimate of drug-likeness (QED) is 0.609. The van der Waals surface area contributed by atoms with Crippen LogP contribution in [0.1, 0.15) is 35.9 Å². The van der Waals surface area contributed by atoms with E-state index in [1.807, 2.05) is 19.9 Å². The highest BCUT2D eigenvalue weighted by atomic mass is 127. The number of benzene rings is 1. The third-order valence-electron chi connectivity index (χ3n) is 3.81. The molecule has 3 aromatic rings. The third-order valence-corrected chi connectivity index (χ3v) is 4.64. The van der Waals surface area contributed by atoms with E-state index in [0.717, 1.165) is 14.6 Å². The molecule has 0 radical (unpaired) electrons. The summed E-state index contributed by atoms with van der Waals surface area (Å²) in [6, 6.07) is 7.69. The Bertz CT molecular complexity index is 893. The second-order valence-corrected chi connectivity index (χ2v) is 6.86. The number of amides is 1. The van der Waals surface area contributed by atoms with Crippen molar-refractivity contribution in [1.29, 1.82) is 0 Å². The van der Waals surface area contributed by atoms with Crippen LogP contribution in [0.15, 0.2) is 36.5 Å². The van der Waals surface area contributed by atoms with Crippen molar-refractivity contribution >= 4 is 39.4 Å². The van der Waals surface area contributed by atoms with Crippen LogP contribution in [-0.4, -0.2) is 21.1 Å². The van der Waals surface area contributed by atoms with Crippen LogP contribution in [-0.2, 0) is 0 Å². The lowest BCUT2D eigenvalue weighted by molar-refractivity contribution is 0.0923. The van der Waals surface area contributed by atoms with E-state index < -0.39 is 11.9 Å². The number of halogens is 2. The van der Waals surface area contributed by atoms with Gasteiger partial charge in [-0.15, -0.1) is 0 Å². The maximum atomic E-state index is 14.0. The van der Waals surface area contributed by atoms with Crippen LogP contribution in [0.4, 0.5) is 4.39 Å². The maximum absolute atomic E-state index is 14.0. The summed E-state index contributed by atoms with van der Waals surface area (Å²) >= 11 is 2.11. The molecule has 3 rings (SSSR count). The lowest BCUT2D eigenvalue weighted by Gasteiger charge is -2.22. The normalized spacial score (nSPS) is 12.5. The topological polar surface area (TPSA) is 70.7 Å². The molecule has 1 amide bonds. The molecule has 1 aromatic carbocycles. The molecular formula is C17H16FIN4O. The number of carbonyl (C=O) groups is 1. The van der Waals surface area contributed by atoms with Crippen molar-refractivity contribution < 1.29 is 9.18 Å². The Kier molecular flexibility index (Phi) is 4.79. The van der Waals surface area contributed by atoms with Gasteiger partial charge in [0.05, 0.1) is 17.3 Å². The molecule has 0 aliphatic rings. The Morgan fingerprint density at radius 1 is 1.33 bits per heavy atom. The second kappa shape index (κ2) is 6.84. The standard InChI is InChI=1S/C17H16FIN4O/c1-9(2)14(15-12(18)4-3-7-20-15)21-17(24)10-5-6-13-11(8-10)16(19)23-22-13/h3-9,14H,1-2H3,(H,21,24)(H,22,23). The van der Waals surface area contributed by atoms with E-state index in [-0.39, 0.29) is 17.5 Å². The molecule has 0 saturated heterocycles. The smallest absolute Gasteiger partial charge is 0.251 e. The molecule has 2 N–H and O–H groups in total. The number of rotatable bonds is 4. The van der Waals surface area contributed by atoms with E-state index in [0.29, 0.717) is 5.56 Å². The average Bonchev–Trinajstić information content (AvgIpc) is 2.94. The highest BCUT2D eigenvalue weighted by molar-refractivity contribution is 14.1. The van der Waals surface area contributed by atoms with E-state index >= 15 is 0 Å². The molecule has 7 heteroatoms. The van der Waals surface area contributed by atoms with Crippen LogP contribution in [0, 0.1) is 15.4 Å². The SMILES string of the molecule is CC(C)C(NC(=O)c1ccc2[nH]nc(I)c2c1)c1ncccc1F. The summed E-state index contributed by atoms with van der Waals surface area (Å²) in [5, 5.41) is 10.8. The second-order valence-electron chi connectivity index (χ2n) is 5.84. The zero-order valence-corrected chi connectivity index (χ0v) is 15.3. The molecule has 0 aliphatic heterocycles. The summed E-state index contributed by atoms with van der Waals surface area (Å²) < 4.78 is 14.8. The molecule has 5 nitrogen and oxygen atoms in total. The van der Waals surface area contributed by atoms with Crippen molar-refractivity contribution in [1.82, 2.24) is 20.5 Å². The highest BCUT2D eigenvalue weighted by Gasteiger charge is 2.23. The van der Waals surface area contributed by atoms with Gasteiger partial charge in [-0.05, 0) is 58.8 Å². The molecule has 0 spiro atoms. The predicted molar refractivity (Wildman–Crippen MR) is 98.1 cm³/mol. The van der Waals surface area contributed by atoms with Crippen LogP contribution < -0.4 is 5.32 Å². The number of aromatic nitrogens is 3. The maximum Gasteiger partial charge on any atom is 0.251 e. The number of nitrogens with one attached hydrogen (secondary N) is 2. The minimum atomic E-state index is -0.502. The highest BCUT2D eigenvalue weighted by Crippen LogP contribution is 2.24. The van der Waals surface area contributed by atoms with E-state index in [9.17, 15) is 9.18 Å². The van der Waals surface area contributed by atoms with Crippen molar-refractivity contribution in [3.63, 3.8) is 0 Å². The van der Waals surface area contributed by atoms with Gasteiger partial charge in [0.1, 0.15) is 9.52 Å². The van der Waals surface area contributed by atoms with Gasteiger partial charge in [-0.1, -0.05) is 13.8 Å². The largest absolute Gasteiger partial charge is 0.343 e. The summed E-state index contributed by atoms with van der Waals surface area (Å²) in [5.41, 5.74) is 1.62. The lowest BCUT2D eigenvalue weighted by Crippen LogP contribution is -2.33. The first-order valence-electron chi connectivity index (χ1n) is 7.52. The molecule has 124 valence electrons. The molecule has 2 heterocycles. The Labute approximate surface area is 152 Å². The van der Waals surface area contributed by atoms with E-state index in [1.54, 1.807) is 12.1 Å². The molecule has 0 aliphatic carbocycles. The van der Waals surface area contributed by atoms with Crippen molar-refractivity contribution in [3.8, 4) is 0 Å². The summed E-state index contributed by atoms with van der Waals surface area (Å²) in [7, 11) is 0. The fourth-order valence-electron chi connectivity index (χ4n) is 2.53. The number of fused-ring (bicyclic) bond motifs is 1. The summed E-state index contributed by atoms with van der Waals surface area (Å²) in [4.78, 5) is 16.7. The summed E-state index contributed by atoms with van der Waals surface area (Å²) in [5.74, 6) is -0.690. The number of H-pyrrole nitrogens is 1. The van der Waals surface area contributed by atoms with Gasteiger partial charge in [0.2, 0.25) is 0 Å². The Morgan fingerprint density at radius 3 is 2.83 bits per heavy atom. The minimum Gasteiger partial charge on any atom is -0.343 e. The minimum absolute atomic E-state index is 0.00357. The van der Waals surface area contributed by atoms with Gasteiger partial charge in [0, 0.05) is 17.1 Å². The third kappa shape index (κ3) is 3.26. The van der Waals surface area contributed by atoms with Crippen molar-refractivity contribution in [2.24, 2.45) is 5.92 Å². The van der Waals surface area contributed by atoms with Crippen LogP contribution in [0.5, 0.6) is 0 Å². The number of pyridine rings is 1. The monoisotopic (exact) mass is 438 g/mol. The Hall–Kier alpha value is -2.03. The summed E-state index contributed by atoms with van der Waals surface area (Å²) in [6.45, 7) is 3.84. The Morgan fingerprint density at radius 2 is 2.12 bits per heavy atom. The molecule has 0 bridgehead atoms. The molecular weight excluding hydrogens is 422 g/mol. The van der Waals surface area contributed by atoms with Crippen molar-refractivity contribution in [2.75, 3.05) is 0 Å². The molecule has 0 saturated carbocycles. The van der Waals surface area contributed by atoms with Gasteiger partial charge in [0.25, 0.3) is 5.91 Å². The van der Waals surface area contributed by atoms with Crippen LogP contribution in [0.2, 0.25) is 0 Å². The molecule has 2 aromatic heterocycles. The van der Waals surface area contributed by atoms with Crippen LogP contribution >= 0.6 is 22.6 Å². The molecule has 1 atom stereocenters. The molecule has 0 fully saturated rings. The van der Waals surface area contributed by atoms with E-state index in [1.165, 1.54) is 18.3 Å². The molecule has 24 heavy (non-hydrogen) atoms. The fourth-order valence-corrected chi connectivity index (χ4v) is 3.09. The average molecular weight is 438 g/mol. The first-order valence-corrected chi connectivity index (χ1v) is 8.60. The van der Waals surface area contributed by atoms with Gasteiger partial charge < -0.3 is 5.32 Å². The Balaban J connectivity index is 1.90. The van der Waals surface area contributed by atoms with Gasteiger partial charge in [-0.3, -0.25) is 14.9 Å². The zero-order chi connectivity index (χ0) is 17.3. The zero-order valence-electron chi connectivity index (χ0n) is 13.2. The number of nitrogens with zero attached hydrogens (tertiary/aromatic N) is 2. The number of hydrogen-bond acceptors (Lipinski definition) is 3. The van der Waals surface area contributed by atoms with Gasteiger partial charge in [0.15, 0.2) is 0 Å². The van der Waals surface area contributed by atoms with Crippen LogP contribution in [0.25, 0.3) is 10.9 Å². The molecule has 1 unspecified atom stereocenters. The van der Waals surface area contributed by atoms with E-state index in [4.69, 9.17) is 0 Å². The van der Waals surface area contributed by atoms with E-state index in [2.05, 4.69) is 43.1 Å². The first kappa shape index (κ1) is 16.8. The number of aromatic amines is 1. The van der Waals surface area contributed by atoms with Gasteiger partial charge >= 0.3 is 0 Å². The van der Waals surface area contributed by atoms with Crippen molar-refractivity contribution in [3.05, 3.63) is 57.3 Å². The first-order chi connectivity index (χ1) is 11.5. The van der Waals surface area contributed by atoms with Crippen LogP contribution in [0.3, 0.4) is 0 Å². The van der Waals surface area contributed by atoms with Gasteiger partial charge in [-0.25, -0.2) is 4.39 Å². The number of carbonyl (C=O) groups excluding carboxylic acids is 1. The van der Waals surface area contributed by atoms with Gasteiger partial charge in [-0.2, -0.15) is 5.10 Å². The predicted octanol–water partition coefficient (Wildman–Crippen LogP) is 3.83. The lowest BCUT2D eigenvalue weighted by atomic mass is 9.99. The van der Waals surface area contributed by atoms with Crippen molar-refractivity contribution in [2.45, 2.75) is 19.9 Å².